The van der Waals surface area contributed by atoms with Crippen molar-refractivity contribution in [2.75, 3.05) is 32.8 Å². The monoisotopic (exact) mass is 435 g/mol. The molecule has 1 amide bonds. The number of nitro groups is 1. The number of phenolic OH excluding ortho intramolecular Hbond substituents is 1. The lowest BCUT2D eigenvalue weighted by Crippen LogP contribution is -2.51. The van der Waals surface area contributed by atoms with Gasteiger partial charge in [0.25, 0.3) is 5.91 Å². The molecule has 0 unspecified atom stereocenters. The molecule has 10 nitrogen and oxygen atoms in total. The third kappa shape index (κ3) is 4.52. The highest BCUT2D eigenvalue weighted by Gasteiger charge is 2.32. The summed E-state index contributed by atoms with van der Waals surface area (Å²) in [5.74, 6) is -0.729. The molecular formula is C19H21N3O7S. The molecule has 1 aliphatic heterocycles. The summed E-state index contributed by atoms with van der Waals surface area (Å²) < 4.78 is 32.2. The number of ether oxygens (including phenoxy) is 1. The van der Waals surface area contributed by atoms with Crippen LogP contribution in [0.3, 0.4) is 0 Å². The normalized spacial score (nSPS) is 15.0. The summed E-state index contributed by atoms with van der Waals surface area (Å²) in [6.07, 6.45) is 0. The first-order valence-electron chi connectivity index (χ1n) is 9.14. The molecular weight excluding hydrogens is 414 g/mol. The van der Waals surface area contributed by atoms with E-state index in [0.29, 0.717) is 5.56 Å². The lowest BCUT2D eigenvalue weighted by Gasteiger charge is -2.34. The van der Waals surface area contributed by atoms with E-state index < -0.39 is 27.5 Å². The lowest BCUT2D eigenvalue weighted by molar-refractivity contribution is -0.385. The predicted octanol–water partition coefficient (Wildman–Crippen LogP) is 1.52. The minimum atomic E-state index is -3.90. The molecule has 0 atom stereocenters. The van der Waals surface area contributed by atoms with Gasteiger partial charge in [0.1, 0.15) is 10.6 Å². The number of sulfonamides is 1. The highest BCUT2D eigenvalue weighted by molar-refractivity contribution is 7.89. The summed E-state index contributed by atoms with van der Waals surface area (Å²) in [5, 5.41) is 21.0. The Bertz CT molecular complexity index is 1060. The number of carbonyl (C=O) groups is 1. The number of hydrogen-bond donors (Lipinski definition) is 1. The van der Waals surface area contributed by atoms with E-state index in [-0.39, 0.29) is 48.3 Å². The van der Waals surface area contributed by atoms with Crippen LogP contribution in [0, 0.1) is 17.0 Å². The second-order valence-electron chi connectivity index (χ2n) is 6.77. The number of nitrogens with zero attached hydrogens (tertiary/aromatic N) is 3. The Labute approximate surface area is 173 Å². The molecule has 2 aromatic rings. The van der Waals surface area contributed by atoms with Gasteiger partial charge in [0.2, 0.25) is 10.0 Å². The molecule has 1 heterocycles. The first kappa shape index (κ1) is 21.5. The van der Waals surface area contributed by atoms with Crippen LogP contribution in [0.25, 0.3) is 0 Å². The van der Waals surface area contributed by atoms with E-state index in [2.05, 4.69) is 0 Å². The minimum Gasteiger partial charge on any atom is -0.507 e. The summed E-state index contributed by atoms with van der Waals surface area (Å²) in [6.45, 7) is 1.75. The average Bonchev–Trinajstić information content (AvgIpc) is 2.73. The van der Waals surface area contributed by atoms with E-state index >= 15 is 0 Å². The van der Waals surface area contributed by atoms with Crippen molar-refractivity contribution < 1.29 is 28.0 Å². The van der Waals surface area contributed by atoms with Crippen LogP contribution >= 0.6 is 0 Å². The van der Waals surface area contributed by atoms with Crippen LogP contribution in [-0.4, -0.2) is 66.3 Å². The minimum absolute atomic E-state index is 0.00742. The van der Waals surface area contributed by atoms with Gasteiger partial charge in [-0.05, 0) is 30.7 Å². The third-order valence-corrected chi connectivity index (χ3v) is 6.67. The number of piperazine rings is 1. The number of hydrogen-bond acceptors (Lipinski definition) is 7. The van der Waals surface area contributed by atoms with Crippen molar-refractivity contribution in [3.8, 4) is 11.5 Å². The van der Waals surface area contributed by atoms with Crippen LogP contribution in [0.2, 0.25) is 0 Å². The van der Waals surface area contributed by atoms with E-state index in [1.807, 2.05) is 0 Å². The van der Waals surface area contributed by atoms with Crippen LogP contribution in [0.15, 0.2) is 47.4 Å². The summed E-state index contributed by atoms with van der Waals surface area (Å²) in [5.41, 5.74) is 0.464. The molecule has 0 aromatic heterocycles. The van der Waals surface area contributed by atoms with Gasteiger partial charge < -0.3 is 14.7 Å². The van der Waals surface area contributed by atoms with E-state index in [9.17, 15) is 28.4 Å². The van der Waals surface area contributed by atoms with Crippen molar-refractivity contribution in [2.24, 2.45) is 0 Å². The predicted molar refractivity (Wildman–Crippen MR) is 107 cm³/mol. The molecule has 1 fully saturated rings. The maximum Gasteiger partial charge on any atom is 0.310 e. The fraction of sp³-hybridized carbons (Fsp3) is 0.316. The molecule has 2 aromatic carbocycles. The van der Waals surface area contributed by atoms with Gasteiger partial charge in [-0.15, -0.1) is 0 Å². The second-order valence-corrected chi connectivity index (χ2v) is 8.68. The number of aromatic hydroxyl groups is 1. The van der Waals surface area contributed by atoms with Gasteiger partial charge >= 0.3 is 5.69 Å². The number of nitro benzene ring substituents is 1. The number of benzene rings is 2. The van der Waals surface area contributed by atoms with Crippen molar-refractivity contribution in [3.05, 3.63) is 58.1 Å². The smallest absolute Gasteiger partial charge is 0.310 e. The van der Waals surface area contributed by atoms with Gasteiger partial charge in [0.15, 0.2) is 12.4 Å². The topological polar surface area (TPSA) is 130 Å². The molecule has 11 heteroatoms. The van der Waals surface area contributed by atoms with Crippen molar-refractivity contribution >= 4 is 21.6 Å². The summed E-state index contributed by atoms with van der Waals surface area (Å²) >= 11 is 0. The zero-order valence-corrected chi connectivity index (χ0v) is 17.0. The van der Waals surface area contributed by atoms with E-state index in [4.69, 9.17) is 4.74 Å². The zero-order chi connectivity index (χ0) is 21.9. The van der Waals surface area contributed by atoms with Gasteiger partial charge in [-0.3, -0.25) is 14.9 Å². The molecule has 0 bridgehead atoms. The second kappa shape index (κ2) is 8.67. The number of aryl methyl sites for hydroxylation is 1. The van der Waals surface area contributed by atoms with Gasteiger partial charge in [-0.25, -0.2) is 8.42 Å². The van der Waals surface area contributed by atoms with Gasteiger partial charge in [-0.2, -0.15) is 4.31 Å². The van der Waals surface area contributed by atoms with Crippen molar-refractivity contribution in [1.82, 2.24) is 9.21 Å². The van der Waals surface area contributed by atoms with Crippen LogP contribution in [0.4, 0.5) is 5.69 Å². The van der Waals surface area contributed by atoms with Gasteiger partial charge in [0.05, 0.1) is 4.92 Å². The maximum absolute atomic E-state index is 12.8. The number of phenols is 1. The van der Waals surface area contributed by atoms with Gasteiger partial charge in [-0.1, -0.05) is 18.2 Å². The highest BCUT2D eigenvalue weighted by Crippen LogP contribution is 2.28. The van der Waals surface area contributed by atoms with Crippen molar-refractivity contribution in [2.45, 2.75) is 11.8 Å². The average molecular weight is 435 g/mol. The number of para-hydroxylation sites is 2. The van der Waals surface area contributed by atoms with E-state index in [1.54, 1.807) is 19.1 Å². The standard InChI is InChI=1S/C19H21N3O7S/c1-14-6-7-16(23)18(12-14)30(27,28)21-10-8-20(9-11-21)19(24)13-29-17-5-3-2-4-15(17)22(25)26/h2-7,12,23H,8-11,13H2,1H3. The Kier molecular flexibility index (Phi) is 6.22. The van der Waals surface area contributed by atoms with Crippen molar-refractivity contribution in [3.63, 3.8) is 0 Å². The summed E-state index contributed by atoms with van der Waals surface area (Å²) in [4.78, 5) is 24.1. The SMILES string of the molecule is Cc1ccc(O)c(S(=O)(=O)N2CCN(C(=O)COc3ccccc3[N+](=O)[O-])CC2)c1. The Morgan fingerprint density at radius 2 is 1.83 bits per heavy atom. The first-order valence-corrected chi connectivity index (χ1v) is 10.6. The largest absolute Gasteiger partial charge is 0.507 e. The zero-order valence-electron chi connectivity index (χ0n) is 16.2. The number of rotatable bonds is 6. The molecule has 0 aliphatic carbocycles. The highest BCUT2D eigenvalue weighted by atomic mass is 32.2. The fourth-order valence-corrected chi connectivity index (χ4v) is 4.70. The fourth-order valence-electron chi connectivity index (χ4n) is 3.11. The quantitative estimate of drug-likeness (QED) is 0.538. The van der Waals surface area contributed by atoms with E-state index in [0.717, 1.165) is 0 Å². The first-order chi connectivity index (χ1) is 14.2. The third-order valence-electron chi connectivity index (χ3n) is 4.74. The van der Waals surface area contributed by atoms with Crippen LogP contribution in [-0.2, 0) is 14.8 Å². The number of carbonyl (C=O) groups excluding carboxylic acids is 1. The molecule has 0 saturated carbocycles. The van der Waals surface area contributed by atoms with Crippen LogP contribution in [0.1, 0.15) is 5.56 Å². The van der Waals surface area contributed by atoms with Gasteiger partial charge in [0, 0.05) is 32.2 Å². The number of amides is 1. The molecule has 0 radical (unpaired) electrons. The Hall–Kier alpha value is -3.18. The maximum atomic E-state index is 12.8. The summed E-state index contributed by atoms with van der Waals surface area (Å²) in [6, 6.07) is 10.1. The molecule has 3 rings (SSSR count). The lowest BCUT2D eigenvalue weighted by atomic mass is 10.2. The molecule has 1 N–H and O–H groups in total. The molecule has 1 aliphatic rings. The van der Waals surface area contributed by atoms with Crippen LogP contribution in [0.5, 0.6) is 11.5 Å². The Morgan fingerprint density at radius 1 is 1.17 bits per heavy atom. The Morgan fingerprint density at radius 3 is 2.50 bits per heavy atom. The van der Waals surface area contributed by atoms with Crippen LogP contribution < -0.4 is 4.74 Å². The molecule has 0 spiro atoms. The Balaban J connectivity index is 1.61. The van der Waals surface area contributed by atoms with E-state index in [1.165, 1.54) is 39.5 Å². The molecule has 1 saturated heterocycles. The summed E-state index contributed by atoms with van der Waals surface area (Å²) in [7, 11) is -3.90. The van der Waals surface area contributed by atoms with Crippen molar-refractivity contribution in [1.29, 1.82) is 0 Å². The molecule has 30 heavy (non-hydrogen) atoms. The molecule has 160 valence electrons.